The summed E-state index contributed by atoms with van der Waals surface area (Å²) in [5, 5.41) is 7.13. The summed E-state index contributed by atoms with van der Waals surface area (Å²) in [5.41, 5.74) is 0.367. The van der Waals surface area contributed by atoms with Crippen molar-refractivity contribution in [2.24, 2.45) is 0 Å². The molecule has 2 aliphatic rings. The molecule has 1 aromatic carbocycles. The number of likely N-dealkylation sites (N-methyl/N-ethyl adjacent to an activating group) is 1. The molecule has 5 nitrogen and oxygen atoms in total. The topological polar surface area (TPSA) is 52.2 Å². The SMILES string of the molecule is CCN1CCc2c(C(=O)N3CCC(c4cc(F)cc(F)c4C(F)(F)F)CC3)n[nH]c2C1. The molecule has 1 fully saturated rings. The Hall–Kier alpha value is -2.49. The number of amides is 1. The van der Waals surface area contributed by atoms with Crippen LogP contribution in [0.3, 0.4) is 0 Å². The van der Waals surface area contributed by atoms with E-state index in [4.69, 9.17) is 0 Å². The van der Waals surface area contributed by atoms with E-state index in [9.17, 15) is 26.7 Å². The minimum Gasteiger partial charge on any atom is -0.337 e. The van der Waals surface area contributed by atoms with E-state index in [2.05, 4.69) is 22.0 Å². The van der Waals surface area contributed by atoms with Gasteiger partial charge in [-0.1, -0.05) is 6.92 Å². The molecule has 0 aliphatic carbocycles. The lowest BCUT2D eigenvalue weighted by atomic mass is 9.85. The number of nitrogens with zero attached hydrogens (tertiary/aromatic N) is 3. The molecule has 4 rings (SSSR count). The molecule has 0 radical (unpaired) electrons. The largest absolute Gasteiger partial charge is 0.419 e. The molecule has 0 unspecified atom stereocenters. The Morgan fingerprint density at radius 1 is 1.19 bits per heavy atom. The maximum atomic E-state index is 13.9. The van der Waals surface area contributed by atoms with Crippen LogP contribution >= 0.6 is 0 Å². The highest BCUT2D eigenvalue weighted by atomic mass is 19.4. The Labute approximate surface area is 176 Å². The van der Waals surface area contributed by atoms with Crippen molar-refractivity contribution < 1.29 is 26.7 Å². The van der Waals surface area contributed by atoms with Crippen LogP contribution in [-0.4, -0.2) is 52.1 Å². The molecule has 0 spiro atoms. The number of alkyl halides is 3. The zero-order chi connectivity index (χ0) is 22.3. The molecule has 1 aromatic heterocycles. The van der Waals surface area contributed by atoms with Crippen molar-refractivity contribution in [3.05, 3.63) is 51.8 Å². The van der Waals surface area contributed by atoms with Gasteiger partial charge in [-0.3, -0.25) is 14.8 Å². The van der Waals surface area contributed by atoms with Gasteiger partial charge in [0.2, 0.25) is 0 Å². The summed E-state index contributed by atoms with van der Waals surface area (Å²) in [6, 6.07) is 1.02. The van der Waals surface area contributed by atoms with Crippen molar-refractivity contribution >= 4 is 5.91 Å². The van der Waals surface area contributed by atoms with Crippen molar-refractivity contribution in [2.45, 2.75) is 44.8 Å². The van der Waals surface area contributed by atoms with E-state index < -0.39 is 29.3 Å². The van der Waals surface area contributed by atoms with Crippen molar-refractivity contribution in [2.75, 3.05) is 26.2 Å². The molecule has 168 valence electrons. The van der Waals surface area contributed by atoms with E-state index in [0.717, 1.165) is 30.4 Å². The van der Waals surface area contributed by atoms with Crippen molar-refractivity contribution in [1.29, 1.82) is 0 Å². The number of nitrogens with one attached hydrogen (secondary N) is 1. The van der Waals surface area contributed by atoms with Gasteiger partial charge in [0.05, 0.1) is 11.3 Å². The van der Waals surface area contributed by atoms with E-state index in [1.807, 2.05) is 0 Å². The fraction of sp³-hybridized carbons (Fsp3) is 0.524. The van der Waals surface area contributed by atoms with Gasteiger partial charge in [-0.25, -0.2) is 8.78 Å². The number of aromatic amines is 1. The molecule has 1 saturated heterocycles. The molecule has 1 N–H and O–H groups in total. The number of benzene rings is 1. The second-order valence-corrected chi connectivity index (χ2v) is 8.06. The molecule has 0 saturated carbocycles. The van der Waals surface area contributed by atoms with Crippen LogP contribution in [0.25, 0.3) is 0 Å². The molecule has 0 bridgehead atoms. The van der Waals surface area contributed by atoms with Crippen LogP contribution < -0.4 is 0 Å². The van der Waals surface area contributed by atoms with Crippen LogP contribution in [0.4, 0.5) is 22.0 Å². The molecule has 0 atom stereocenters. The maximum Gasteiger partial charge on any atom is 0.419 e. The Morgan fingerprint density at radius 3 is 2.55 bits per heavy atom. The number of halogens is 5. The lowest BCUT2D eigenvalue weighted by Gasteiger charge is -2.33. The summed E-state index contributed by atoms with van der Waals surface area (Å²) in [5.74, 6) is -3.59. The van der Waals surface area contributed by atoms with Gasteiger partial charge in [0.1, 0.15) is 11.6 Å². The van der Waals surface area contributed by atoms with Crippen LogP contribution in [0.1, 0.15) is 58.6 Å². The Balaban J connectivity index is 1.49. The monoisotopic (exact) mass is 442 g/mol. The highest BCUT2D eigenvalue weighted by molar-refractivity contribution is 5.94. The third-order valence-corrected chi connectivity index (χ3v) is 6.25. The van der Waals surface area contributed by atoms with E-state index in [0.29, 0.717) is 18.7 Å². The van der Waals surface area contributed by atoms with Crippen molar-refractivity contribution in [3.8, 4) is 0 Å². The summed E-state index contributed by atoms with van der Waals surface area (Å²) >= 11 is 0. The maximum absolute atomic E-state index is 13.9. The number of fused-ring (bicyclic) bond motifs is 1. The molecule has 31 heavy (non-hydrogen) atoms. The Morgan fingerprint density at radius 2 is 1.90 bits per heavy atom. The van der Waals surface area contributed by atoms with Gasteiger partial charge in [0.15, 0.2) is 5.69 Å². The third-order valence-electron chi connectivity index (χ3n) is 6.25. The predicted octanol–water partition coefficient (Wildman–Crippen LogP) is 4.10. The van der Waals surface area contributed by atoms with E-state index in [1.54, 1.807) is 4.90 Å². The zero-order valence-electron chi connectivity index (χ0n) is 17.0. The number of rotatable bonds is 3. The first kappa shape index (κ1) is 21.7. The van der Waals surface area contributed by atoms with E-state index in [-0.39, 0.29) is 43.5 Å². The van der Waals surface area contributed by atoms with Gasteiger partial charge < -0.3 is 4.90 Å². The quantitative estimate of drug-likeness (QED) is 0.729. The average molecular weight is 442 g/mol. The number of aromatic nitrogens is 2. The lowest BCUT2D eigenvalue weighted by Crippen LogP contribution is -2.39. The summed E-state index contributed by atoms with van der Waals surface area (Å²) in [4.78, 5) is 16.8. The molecule has 1 amide bonds. The predicted molar refractivity (Wildman–Crippen MR) is 102 cm³/mol. The zero-order valence-corrected chi connectivity index (χ0v) is 17.0. The fourth-order valence-corrected chi connectivity index (χ4v) is 4.58. The van der Waals surface area contributed by atoms with Crippen molar-refractivity contribution in [1.82, 2.24) is 20.0 Å². The van der Waals surface area contributed by atoms with Crippen molar-refractivity contribution in [3.63, 3.8) is 0 Å². The van der Waals surface area contributed by atoms with Crippen LogP contribution in [0.15, 0.2) is 12.1 Å². The molecular weight excluding hydrogens is 419 g/mol. The van der Waals surface area contributed by atoms with E-state index >= 15 is 0 Å². The highest BCUT2D eigenvalue weighted by Crippen LogP contribution is 2.41. The second-order valence-electron chi connectivity index (χ2n) is 8.06. The highest BCUT2D eigenvalue weighted by Gasteiger charge is 2.40. The molecule has 2 aliphatic heterocycles. The molecular formula is C21H23F5N4O. The lowest BCUT2D eigenvalue weighted by molar-refractivity contribution is -0.141. The number of hydrogen-bond donors (Lipinski definition) is 1. The van der Waals surface area contributed by atoms with Gasteiger partial charge in [-0.15, -0.1) is 0 Å². The number of piperidine rings is 1. The van der Waals surface area contributed by atoms with Crippen LogP contribution in [0.5, 0.6) is 0 Å². The smallest absolute Gasteiger partial charge is 0.337 e. The first-order valence-corrected chi connectivity index (χ1v) is 10.3. The van der Waals surface area contributed by atoms with Gasteiger partial charge >= 0.3 is 6.18 Å². The van der Waals surface area contributed by atoms with Crippen LogP contribution in [0, 0.1) is 11.6 Å². The summed E-state index contributed by atoms with van der Waals surface area (Å²) in [6.07, 6.45) is -3.84. The summed E-state index contributed by atoms with van der Waals surface area (Å²) in [7, 11) is 0. The summed E-state index contributed by atoms with van der Waals surface area (Å²) in [6.45, 7) is 4.88. The fourth-order valence-electron chi connectivity index (χ4n) is 4.58. The van der Waals surface area contributed by atoms with Gasteiger partial charge in [-0.05, 0) is 43.4 Å². The van der Waals surface area contributed by atoms with Gasteiger partial charge in [0, 0.05) is 37.8 Å². The molecule has 2 aromatic rings. The third kappa shape index (κ3) is 4.17. The minimum absolute atomic E-state index is 0.188. The van der Waals surface area contributed by atoms with E-state index in [1.165, 1.54) is 0 Å². The second kappa shape index (κ2) is 8.22. The molecule has 10 heteroatoms. The first-order valence-electron chi connectivity index (χ1n) is 10.3. The Bertz CT molecular complexity index is 979. The van der Waals surface area contributed by atoms with Crippen LogP contribution in [-0.2, 0) is 19.1 Å². The van der Waals surface area contributed by atoms with Gasteiger partial charge in [0.25, 0.3) is 5.91 Å². The Kier molecular flexibility index (Phi) is 5.76. The number of likely N-dealkylation sites (tertiary alicyclic amines) is 1. The normalized spacial score (nSPS) is 18.3. The number of carbonyl (C=O) groups is 1. The number of carbonyl (C=O) groups excluding carboxylic acids is 1. The average Bonchev–Trinajstić information content (AvgIpc) is 3.14. The standard InChI is InChI=1S/C21H23F5N4O/c1-2-29-6-5-14-17(11-29)27-28-19(14)20(31)30-7-3-12(4-8-30)15-9-13(22)10-16(23)18(15)21(24,25)26/h9-10,12H,2-8,11H2,1H3,(H,27,28). The molecule has 3 heterocycles. The minimum atomic E-state index is -4.92. The number of H-pyrrole nitrogens is 1. The summed E-state index contributed by atoms with van der Waals surface area (Å²) < 4.78 is 67.7. The first-order chi connectivity index (χ1) is 14.7. The number of hydrogen-bond acceptors (Lipinski definition) is 3. The van der Waals surface area contributed by atoms with Gasteiger partial charge in [-0.2, -0.15) is 18.3 Å². The van der Waals surface area contributed by atoms with Crippen LogP contribution in [0.2, 0.25) is 0 Å².